The first-order valence-electron chi connectivity index (χ1n) is 7.97. The summed E-state index contributed by atoms with van der Waals surface area (Å²) in [5.74, 6) is -0.527. The molecule has 0 radical (unpaired) electrons. The van der Waals surface area contributed by atoms with Crippen molar-refractivity contribution in [1.82, 2.24) is 5.43 Å². The van der Waals surface area contributed by atoms with Crippen LogP contribution in [-0.2, 0) is 10.4 Å². The van der Waals surface area contributed by atoms with Gasteiger partial charge in [-0.3, -0.25) is 15.6 Å². The van der Waals surface area contributed by atoms with E-state index in [1.165, 1.54) is 11.3 Å². The topological polar surface area (TPSA) is 61.4 Å². The summed E-state index contributed by atoms with van der Waals surface area (Å²) >= 11 is 1.34. The van der Waals surface area contributed by atoms with Gasteiger partial charge in [-0.05, 0) is 48.6 Å². The Bertz CT molecular complexity index is 860. The Morgan fingerprint density at radius 2 is 1.76 bits per heavy atom. The van der Waals surface area contributed by atoms with E-state index >= 15 is 0 Å². The zero-order chi connectivity index (χ0) is 17.9. The molecule has 0 saturated heterocycles. The molecule has 0 aliphatic heterocycles. The van der Waals surface area contributed by atoms with E-state index < -0.39 is 11.5 Å². The number of aliphatic hydroxyl groups is 1. The van der Waals surface area contributed by atoms with Crippen molar-refractivity contribution < 1.29 is 9.90 Å². The number of anilines is 1. The van der Waals surface area contributed by atoms with E-state index in [2.05, 4.69) is 10.9 Å². The van der Waals surface area contributed by atoms with Crippen LogP contribution in [0.25, 0.3) is 0 Å². The van der Waals surface area contributed by atoms with Gasteiger partial charge in [0.1, 0.15) is 0 Å². The van der Waals surface area contributed by atoms with Gasteiger partial charge >= 0.3 is 0 Å². The Morgan fingerprint density at radius 3 is 2.40 bits per heavy atom. The van der Waals surface area contributed by atoms with Gasteiger partial charge in [0, 0.05) is 0 Å². The molecule has 1 heterocycles. The molecule has 1 aromatic heterocycles. The van der Waals surface area contributed by atoms with Gasteiger partial charge in [0.2, 0.25) is 5.60 Å². The van der Waals surface area contributed by atoms with E-state index in [1.54, 1.807) is 18.2 Å². The summed E-state index contributed by atoms with van der Waals surface area (Å²) in [7, 11) is 0. The van der Waals surface area contributed by atoms with E-state index in [0.717, 1.165) is 16.8 Å². The molecule has 3 rings (SSSR count). The lowest BCUT2D eigenvalue weighted by molar-refractivity contribution is -0.135. The number of rotatable bonds is 5. The van der Waals surface area contributed by atoms with Crippen LogP contribution in [-0.4, -0.2) is 11.0 Å². The number of hydrogen-bond acceptors (Lipinski definition) is 4. The molecule has 0 fully saturated rings. The Morgan fingerprint density at radius 1 is 1.00 bits per heavy atom. The third-order valence-electron chi connectivity index (χ3n) is 4.01. The maximum absolute atomic E-state index is 12.9. The summed E-state index contributed by atoms with van der Waals surface area (Å²) in [6.07, 6.45) is 0. The van der Waals surface area contributed by atoms with Crippen LogP contribution in [0.2, 0.25) is 0 Å². The second-order valence-electron chi connectivity index (χ2n) is 6.00. The quantitative estimate of drug-likeness (QED) is 0.613. The van der Waals surface area contributed by atoms with Crippen molar-refractivity contribution >= 4 is 22.9 Å². The molecular formula is C20H20N2O2S. The van der Waals surface area contributed by atoms with E-state index in [-0.39, 0.29) is 0 Å². The van der Waals surface area contributed by atoms with Gasteiger partial charge in [0.25, 0.3) is 5.91 Å². The normalized spacial score (nSPS) is 13.1. The Labute approximate surface area is 151 Å². The number of carbonyl (C=O) groups excluding carboxylic acids is 1. The second kappa shape index (κ2) is 7.09. The van der Waals surface area contributed by atoms with Crippen molar-refractivity contribution in [1.29, 1.82) is 0 Å². The highest BCUT2D eigenvalue weighted by atomic mass is 32.1. The molecule has 25 heavy (non-hydrogen) atoms. The van der Waals surface area contributed by atoms with Crippen molar-refractivity contribution in [3.05, 3.63) is 87.6 Å². The van der Waals surface area contributed by atoms with Crippen LogP contribution in [0.15, 0.2) is 66.0 Å². The first-order chi connectivity index (χ1) is 12.0. The summed E-state index contributed by atoms with van der Waals surface area (Å²) < 4.78 is 0. The molecule has 5 heteroatoms. The van der Waals surface area contributed by atoms with Crippen molar-refractivity contribution in [3.63, 3.8) is 0 Å². The predicted octanol–water partition coefficient (Wildman–Crippen LogP) is 3.74. The summed E-state index contributed by atoms with van der Waals surface area (Å²) in [5, 5.41) is 13.1. The summed E-state index contributed by atoms with van der Waals surface area (Å²) in [5.41, 5.74) is 7.19. The Balaban J connectivity index is 1.89. The second-order valence-corrected chi connectivity index (χ2v) is 6.95. The SMILES string of the molecule is Cc1ccc(C(O)(C(=O)NNc2cccc(C)c2)c2cccs2)cc1. The van der Waals surface area contributed by atoms with Crippen LogP contribution in [0.5, 0.6) is 0 Å². The lowest BCUT2D eigenvalue weighted by atomic mass is 9.90. The largest absolute Gasteiger partial charge is 0.371 e. The predicted molar refractivity (Wildman–Crippen MR) is 101 cm³/mol. The molecule has 1 amide bonds. The number of nitrogens with one attached hydrogen (secondary N) is 2. The highest BCUT2D eigenvalue weighted by Gasteiger charge is 2.41. The van der Waals surface area contributed by atoms with E-state index in [4.69, 9.17) is 0 Å². The molecule has 0 saturated carbocycles. The smallest absolute Gasteiger partial charge is 0.280 e. The van der Waals surface area contributed by atoms with Gasteiger partial charge in [0.15, 0.2) is 0 Å². The molecule has 1 atom stereocenters. The molecule has 0 spiro atoms. The highest BCUT2D eigenvalue weighted by Crippen LogP contribution is 2.33. The van der Waals surface area contributed by atoms with Crippen LogP contribution < -0.4 is 10.9 Å². The fourth-order valence-electron chi connectivity index (χ4n) is 2.61. The minimum absolute atomic E-state index is 0.527. The molecular weight excluding hydrogens is 332 g/mol. The van der Waals surface area contributed by atoms with Gasteiger partial charge < -0.3 is 5.11 Å². The van der Waals surface area contributed by atoms with Crippen LogP contribution in [0, 0.1) is 13.8 Å². The van der Waals surface area contributed by atoms with Gasteiger partial charge in [-0.15, -0.1) is 11.3 Å². The lowest BCUT2D eigenvalue weighted by Gasteiger charge is -2.27. The number of benzene rings is 2. The van der Waals surface area contributed by atoms with Crippen LogP contribution in [0.3, 0.4) is 0 Å². The fourth-order valence-corrected chi connectivity index (χ4v) is 3.45. The first kappa shape index (κ1) is 17.2. The fraction of sp³-hybridized carbons (Fsp3) is 0.150. The molecule has 2 aromatic carbocycles. The molecule has 0 aliphatic carbocycles. The molecule has 3 N–H and O–H groups in total. The third kappa shape index (κ3) is 3.57. The molecule has 4 nitrogen and oxygen atoms in total. The standard InChI is InChI=1S/C20H20N2O2S/c1-14-8-10-16(11-9-14)20(24,18-7-4-12-25-18)19(23)22-21-17-6-3-5-15(2)13-17/h3-13,21,24H,1-2H3,(H,22,23). The van der Waals surface area contributed by atoms with E-state index in [1.807, 2.05) is 61.7 Å². The average Bonchev–Trinajstić information content (AvgIpc) is 3.15. The summed E-state index contributed by atoms with van der Waals surface area (Å²) in [4.78, 5) is 13.5. The van der Waals surface area contributed by atoms with E-state index in [0.29, 0.717) is 10.4 Å². The average molecular weight is 352 g/mol. The lowest BCUT2D eigenvalue weighted by Crippen LogP contribution is -2.47. The minimum Gasteiger partial charge on any atom is -0.371 e. The zero-order valence-electron chi connectivity index (χ0n) is 14.1. The number of thiophene rings is 1. The van der Waals surface area contributed by atoms with Crippen molar-refractivity contribution in [3.8, 4) is 0 Å². The third-order valence-corrected chi connectivity index (χ3v) is 4.99. The molecule has 0 bridgehead atoms. The van der Waals surface area contributed by atoms with Crippen molar-refractivity contribution in [2.75, 3.05) is 5.43 Å². The molecule has 3 aromatic rings. The molecule has 128 valence electrons. The zero-order valence-corrected chi connectivity index (χ0v) is 14.9. The minimum atomic E-state index is -1.75. The summed E-state index contributed by atoms with van der Waals surface area (Å²) in [6, 6.07) is 18.5. The van der Waals surface area contributed by atoms with Gasteiger partial charge in [0.05, 0.1) is 10.6 Å². The number of hydrogen-bond donors (Lipinski definition) is 3. The number of aryl methyl sites for hydroxylation is 2. The maximum Gasteiger partial charge on any atom is 0.280 e. The van der Waals surface area contributed by atoms with Gasteiger partial charge in [-0.1, -0.05) is 48.0 Å². The molecule has 0 aliphatic rings. The number of amides is 1. The Kier molecular flexibility index (Phi) is 4.88. The van der Waals surface area contributed by atoms with Gasteiger partial charge in [-0.25, -0.2) is 0 Å². The summed E-state index contributed by atoms with van der Waals surface area (Å²) in [6.45, 7) is 3.94. The highest BCUT2D eigenvalue weighted by molar-refractivity contribution is 7.10. The molecule has 1 unspecified atom stereocenters. The monoisotopic (exact) mass is 352 g/mol. The van der Waals surface area contributed by atoms with Crippen molar-refractivity contribution in [2.45, 2.75) is 19.4 Å². The number of carbonyl (C=O) groups is 1. The maximum atomic E-state index is 12.9. The van der Waals surface area contributed by atoms with Crippen LogP contribution in [0.4, 0.5) is 5.69 Å². The van der Waals surface area contributed by atoms with E-state index in [9.17, 15) is 9.90 Å². The van der Waals surface area contributed by atoms with Crippen LogP contribution in [0.1, 0.15) is 21.6 Å². The van der Waals surface area contributed by atoms with Crippen molar-refractivity contribution in [2.24, 2.45) is 0 Å². The number of hydrazine groups is 1. The van der Waals surface area contributed by atoms with Gasteiger partial charge in [-0.2, -0.15) is 0 Å². The first-order valence-corrected chi connectivity index (χ1v) is 8.85. The Hall–Kier alpha value is -2.63. The van der Waals surface area contributed by atoms with Crippen LogP contribution >= 0.6 is 11.3 Å².